The van der Waals surface area contributed by atoms with E-state index < -0.39 is 5.82 Å². The molecule has 84 valence electrons. The summed E-state index contributed by atoms with van der Waals surface area (Å²) in [5.74, 6) is -0.556. The molecule has 0 aliphatic heterocycles. The van der Waals surface area contributed by atoms with Crippen molar-refractivity contribution in [2.45, 2.75) is 20.0 Å². The van der Waals surface area contributed by atoms with Gasteiger partial charge in [0.1, 0.15) is 0 Å². The molecular weight excluding hydrogens is 209 g/mol. The predicted octanol–water partition coefficient (Wildman–Crippen LogP) is 1.72. The summed E-state index contributed by atoms with van der Waals surface area (Å²) in [4.78, 5) is 14.0. The highest BCUT2D eigenvalue weighted by atomic mass is 19.1. The Bertz CT molecular complexity index is 589. The molecule has 0 saturated heterocycles. The Morgan fingerprint density at radius 3 is 2.75 bits per heavy atom. The summed E-state index contributed by atoms with van der Waals surface area (Å²) >= 11 is 0. The smallest absolute Gasteiger partial charge is 0.251 e. The van der Waals surface area contributed by atoms with Crippen LogP contribution < -0.4 is 5.56 Å². The monoisotopic (exact) mass is 221 g/mol. The second-order valence-electron chi connectivity index (χ2n) is 3.64. The molecule has 0 aliphatic carbocycles. The highest BCUT2D eigenvalue weighted by Gasteiger charge is 2.09. The van der Waals surface area contributed by atoms with Crippen molar-refractivity contribution in [3.8, 4) is 0 Å². The predicted molar refractivity (Wildman–Crippen MR) is 59.8 cm³/mol. The standard InChI is InChI=1S/C12H12FNO2/c1-2-7-5-8-3-4-9(6-15)10(13)11(8)14-12(7)16/h3-5,15H,2,6H2,1H3,(H,14,16). The summed E-state index contributed by atoms with van der Waals surface area (Å²) in [6, 6.07) is 4.90. The quantitative estimate of drug-likeness (QED) is 0.811. The molecule has 1 aromatic heterocycles. The van der Waals surface area contributed by atoms with Crippen LogP contribution in [0.2, 0.25) is 0 Å². The molecule has 0 aliphatic rings. The molecular formula is C12H12FNO2. The molecule has 4 heteroatoms. The summed E-state index contributed by atoms with van der Waals surface area (Å²) in [5, 5.41) is 9.56. The van der Waals surface area contributed by atoms with Crippen LogP contribution in [-0.4, -0.2) is 10.1 Å². The largest absolute Gasteiger partial charge is 0.392 e. The maximum atomic E-state index is 13.8. The highest BCUT2D eigenvalue weighted by molar-refractivity contribution is 5.80. The highest BCUT2D eigenvalue weighted by Crippen LogP contribution is 2.18. The van der Waals surface area contributed by atoms with Crippen molar-refractivity contribution in [1.82, 2.24) is 4.98 Å². The minimum absolute atomic E-state index is 0.161. The Morgan fingerprint density at radius 1 is 1.38 bits per heavy atom. The van der Waals surface area contributed by atoms with Crippen molar-refractivity contribution < 1.29 is 9.50 Å². The lowest BCUT2D eigenvalue weighted by molar-refractivity contribution is 0.276. The van der Waals surface area contributed by atoms with E-state index in [1.165, 1.54) is 6.07 Å². The number of pyridine rings is 1. The van der Waals surface area contributed by atoms with Gasteiger partial charge in [0.15, 0.2) is 5.82 Å². The zero-order chi connectivity index (χ0) is 11.7. The first-order chi connectivity index (χ1) is 7.67. The molecule has 0 unspecified atom stereocenters. The van der Waals surface area contributed by atoms with E-state index >= 15 is 0 Å². The summed E-state index contributed by atoms with van der Waals surface area (Å²) in [5.41, 5.74) is 0.703. The first-order valence-corrected chi connectivity index (χ1v) is 5.11. The van der Waals surface area contributed by atoms with Crippen molar-refractivity contribution in [2.24, 2.45) is 0 Å². The fraction of sp³-hybridized carbons (Fsp3) is 0.250. The van der Waals surface area contributed by atoms with E-state index in [1.807, 2.05) is 6.92 Å². The van der Waals surface area contributed by atoms with E-state index in [-0.39, 0.29) is 23.2 Å². The van der Waals surface area contributed by atoms with E-state index in [2.05, 4.69) is 4.98 Å². The number of benzene rings is 1. The molecule has 0 amide bonds. The van der Waals surface area contributed by atoms with E-state index in [0.717, 1.165) is 0 Å². The topological polar surface area (TPSA) is 53.1 Å². The number of hydrogen-bond donors (Lipinski definition) is 2. The van der Waals surface area contributed by atoms with Gasteiger partial charge in [-0.15, -0.1) is 0 Å². The zero-order valence-electron chi connectivity index (χ0n) is 8.88. The molecule has 0 spiro atoms. The van der Waals surface area contributed by atoms with Crippen LogP contribution in [0.4, 0.5) is 4.39 Å². The Labute approximate surface area is 91.5 Å². The number of H-pyrrole nitrogens is 1. The van der Waals surface area contributed by atoms with Crippen LogP contribution in [0.5, 0.6) is 0 Å². The summed E-state index contributed by atoms with van der Waals surface area (Å²) in [6.45, 7) is 1.49. The number of aromatic amines is 1. The van der Waals surface area contributed by atoms with Gasteiger partial charge >= 0.3 is 0 Å². The van der Waals surface area contributed by atoms with Crippen LogP contribution in [0.15, 0.2) is 23.0 Å². The second kappa shape index (κ2) is 4.06. The Morgan fingerprint density at radius 2 is 2.12 bits per heavy atom. The van der Waals surface area contributed by atoms with Gasteiger partial charge in [-0.25, -0.2) is 4.39 Å². The first kappa shape index (κ1) is 10.8. The van der Waals surface area contributed by atoms with Gasteiger partial charge in [0.25, 0.3) is 5.56 Å². The zero-order valence-corrected chi connectivity index (χ0v) is 8.88. The Kier molecular flexibility index (Phi) is 2.75. The van der Waals surface area contributed by atoms with Gasteiger partial charge in [0.05, 0.1) is 12.1 Å². The maximum Gasteiger partial charge on any atom is 0.251 e. The summed E-state index contributed by atoms with van der Waals surface area (Å²) in [6.07, 6.45) is 0.606. The molecule has 0 saturated carbocycles. The van der Waals surface area contributed by atoms with Crippen LogP contribution in [0, 0.1) is 5.82 Å². The van der Waals surface area contributed by atoms with Gasteiger partial charge in [0, 0.05) is 16.5 Å². The van der Waals surface area contributed by atoms with Crippen LogP contribution in [0.1, 0.15) is 18.1 Å². The van der Waals surface area contributed by atoms with E-state index in [9.17, 15) is 9.18 Å². The van der Waals surface area contributed by atoms with Crippen molar-refractivity contribution in [2.75, 3.05) is 0 Å². The van der Waals surface area contributed by atoms with E-state index in [1.54, 1.807) is 12.1 Å². The van der Waals surface area contributed by atoms with Gasteiger partial charge in [-0.2, -0.15) is 0 Å². The molecule has 0 radical (unpaired) electrons. The number of rotatable bonds is 2. The molecule has 0 fully saturated rings. The molecule has 0 bridgehead atoms. The number of hydrogen-bond acceptors (Lipinski definition) is 2. The average molecular weight is 221 g/mol. The van der Waals surface area contributed by atoms with Crippen LogP contribution in [-0.2, 0) is 13.0 Å². The van der Waals surface area contributed by atoms with Crippen LogP contribution >= 0.6 is 0 Å². The molecule has 2 N–H and O–H groups in total. The number of nitrogens with one attached hydrogen (secondary N) is 1. The van der Waals surface area contributed by atoms with Gasteiger partial charge in [-0.3, -0.25) is 4.79 Å². The van der Waals surface area contributed by atoms with Crippen LogP contribution in [0.3, 0.4) is 0 Å². The fourth-order valence-corrected chi connectivity index (χ4v) is 1.71. The van der Waals surface area contributed by atoms with E-state index in [0.29, 0.717) is 17.4 Å². The maximum absolute atomic E-state index is 13.8. The minimum Gasteiger partial charge on any atom is -0.392 e. The third kappa shape index (κ3) is 1.61. The second-order valence-corrected chi connectivity index (χ2v) is 3.64. The Balaban J connectivity index is 2.81. The van der Waals surface area contributed by atoms with Crippen molar-refractivity contribution in [3.05, 3.63) is 45.5 Å². The lowest BCUT2D eigenvalue weighted by Gasteiger charge is -2.05. The van der Waals surface area contributed by atoms with E-state index in [4.69, 9.17) is 5.11 Å². The first-order valence-electron chi connectivity index (χ1n) is 5.11. The van der Waals surface area contributed by atoms with Crippen molar-refractivity contribution in [3.63, 3.8) is 0 Å². The average Bonchev–Trinajstić information content (AvgIpc) is 2.30. The molecule has 0 atom stereocenters. The number of aryl methyl sites for hydroxylation is 1. The Hall–Kier alpha value is -1.68. The number of halogens is 1. The molecule has 2 rings (SSSR count). The normalized spacial score (nSPS) is 10.9. The number of fused-ring (bicyclic) bond motifs is 1. The lowest BCUT2D eigenvalue weighted by atomic mass is 10.1. The molecule has 16 heavy (non-hydrogen) atoms. The van der Waals surface area contributed by atoms with Crippen molar-refractivity contribution >= 4 is 10.9 Å². The summed E-state index contributed by atoms with van der Waals surface area (Å²) < 4.78 is 13.8. The van der Waals surface area contributed by atoms with Gasteiger partial charge < -0.3 is 10.1 Å². The number of aliphatic hydroxyl groups excluding tert-OH is 1. The van der Waals surface area contributed by atoms with Gasteiger partial charge in [0.2, 0.25) is 0 Å². The minimum atomic E-state index is -0.556. The SMILES string of the molecule is CCc1cc2ccc(CO)c(F)c2[nH]c1=O. The molecule has 1 aromatic carbocycles. The summed E-state index contributed by atoms with van der Waals surface area (Å²) in [7, 11) is 0. The lowest BCUT2D eigenvalue weighted by Crippen LogP contribution is -2.12. The van der Waals surface area contributed by atoms with Gasteiger partial charge in [-0.1, -0.05) is 19.1 Å². The number of aromatic nitrogens is 1. The fourth-order valence-electron chi connectivity index (χ4n) is 1.71. The van der Waals surface area contributed by atoms with Crippen LogP contribution in [0.25, 0.3) is 10.9 Å². The molecule has 3 nitrogen and oxygen atoms in total. The third-order valence-electron chi connectivity index (χ3n) is 2.67. The van der Waals surface area contributed by atoms with Crippen molar-refractivity contribution in [1.29, 1.82) is 0 Å². The third-order valence-corrected chi connectivity index (χ3v) is 2.67. The molecule has 1 heterocycles. The van der Waals surface area contributed by atoms with Gasteiger partial charge in [-0.05, 0) is 12.5 Å². The molecule has 2 aromatic rings. The number of aliphatic hydroxyl groups is 1.